The van der Waals surface area contributed by atoms with Gasteiger partial charge in [-0.1, -0.05) is 12.1 Å². The summed E-state index contributed by atoms with van der Waals surface area (Å²) >= 11 is 1.42. The molecule has 0 radical (unpaired) electrons. The summed E-state index contributed by atoms with van der Waals surface area (Å²) in [6, 6.07) is 11.5. The number of aliphatic hydroxyl groups excluding tert-OH is 1. The third-order valence-corrected chi connectivity index (χ3v) is 7.08. The number of morpholine rings is 1. The van der Waals surface area contributed by atoms with E-state index in [0.29, 0.717) is 55.1 Å². The second-order valence-electron chi connectivity index (χ2n) is 8.14. The summed E-state index contributed by atoms with van der Waals surface area (Å²) in [7, 11) is 0. The van der Waals surface area contributed by atoms with E-state index in [4.69, 9.17) is 14.8 Å². The van der Waals surface area contributed by atoms with E-state index in [1.54, 1.807) is 6.07 Å². The highest BCUT2D eigenvalue weighted by atomic mass is 32.1. The van der Waals surface area contributed by atoms with Crippen LogP contribution in [0.3, 0.4) is 0 Å². The van der Waals surface area contributed by atoms with Crippen LogP contribution >= 0.6 is 11.3 Å². The lowest BCUT2D eigenvalue weighted by Gasteiger charge is -2.27. The molecule has 34 heavy (non-hydrogen) atoms. The Balaban J connectivity index is 1.59. The average Bonchev–Trinajstić information content (AvgIpc) is 3.25. The maximum atomic E-state index is 13.5. The van der Waals surface area contributed by atoms with Crippen LogP contribution in [0.15, 0.2) is 41.2 Å². The molecule has 1 saturated heterocycles. The fourth-order valence-corrected chi connectivity index (χ4v) is 5.41. The Bertz CT molecular complexity index is 1390. The Morgan fingerprint density at radius 2 is 1.94 bits per heavy atom. The number of para-hydroxylation sites is 1. The number of ether oxygens (including phenoxy) is 1. The molecule has 0 bridgehead atoms. The van der Waals surface area contributed by atoms with Crippen molar-refractivity contribution >= 4 is 49.1 Å². The lowest BCUT2D eigenvalue weighted by atomic mass is 10.1. The molecule has 10 heteroatoms. The number of thiazole rings is 1. The predicted octanol–water partition coefficient (Wildman–Crippen LogP) is 1.60. The van der Waals surface area contributed by atoms with Gasteiger partial charge in [0.25, 0.3) is 5.91 Å². The number of hydrogen-bond donors (Lipinski definition) is 3. The van der Waals surface area contributed by atoms with Gasteiger partial charge in [0.2, 0.25) is 5.43 Å². The number of carbonyl (C=O) groups excluding carboxylic acids is 1. The summed E-state index contributed by atoms with van der Waals surface area (Å²) in [6.07, 6.45) is 0.655. The van der Waals surface area contributed by atoms with Gasteiger partial charge in [-0.05, 0) is 37.2 Å². The minimum atomic E-state index is -0.392. The normalized spacial score (nSPS) is 14.3. The molecule has 5 rings (SSSR count). The van der Waals surface area contributed by atoms with Crippen molar-refractivity contribution in [1.82, 2.24) is 20.0 Å². The number of rotatable bonds is 8. The molecule has 1 aliphatic heterocycles. The highest BCUT2D eigenvalue weighted by molar-refractivity contribution is 7.24. The number of amides is 1. The average molecular weight is 482 g/mol. The smallest absolute Gasteiger partial charge is 0.258 e. The fraction of sp³-hybridized carbons (Fsp3) is 0.375. The van der Waals surface area contributed by atoms with Crippen molar-refractivity contribution in [3.05, 3.63) is 52.2 Å². The van der Waals surface area contributed by atoms with Crippen LogP contribution in [-0.4, -0.2) is 72.9 Å². The maximum absolute atomic E-state index is 13.5. The van der Waals surface area contributed by atoms with E-state index in [2.05, 4.69) is 15.5 Å². The Labute approximate surface area is 200 Å². The summed E-state index contributed by atoms with van der Waals surface area (Å²) < 4.78 is 8.38. The first kappa shape index (κ1) is 22.7. The number of nitrogens with zero attached hydrogens (tertiary/aromatic N) is 3. The van der Waals surface area contributed by atoms with Gasteiger partial charge in [0.1, 0.15) is 16.2 Å². The molecule has 1 fully saturated rings. The zero-order valence-corrected chi connectivity index (χ0v) is 19.6. The van der Waals surface area contributed by atoms with Crippen LogP contribution < -0.4 is 21.0 Å². The third-order valence-electron chi connectivity index (χ3n) is 5.93. The standard InChI is InChI=1S/C24H27N5O4S/c30-13-3-8-25-9-10-26-23(32)20-21(31)16-6-7-19(28-11-14-33-15-12-28)27-22(16)29-17-4-1-2-5-18(17)34-24(20)29/h1-2,4-7,25,30H,3,8-15H2,(H,26,32). The third kappa shape index (κ3) is 4.25. The SMILES string of the molecule is O=C(NCCNCCCO)c1c(=O)c2ccc(N3CCOCC3)nc2n2c1sc1ccccc12. The van der Waals surface area contributed by atoms with Gasteiger partial charge >= 0.3 is 0 Å². The summed E-state index contributed by atoms with van der Waals surface area (Å²) in [5.41, 5.74) is 1.31. The molecular weight excluding hydrogens is 454 g/mol. The lowest BCUT2D eigenvalue weighted by molar-refractivity contribution is 0.0954. The highest BCUT2D eigenvalue weighted by Gasteiger charge is 2.23. The van der Waals surface area contributed by atoms with E-state index in [9.17, 15) is 9.59 Å². The van der Waals surface area contributed by atoms with Gasteiger partial charge in [-0.25, -0.2) is 4.98 Å². The first-order valence-electron chi connectivity index (χ1n) is 11.5. The zero-order valence-electron chi connectivity index (χ0n) is 18.7. The summed E-state index contributed by atoms with van der Waals surface area (Å²) in [5, 5.41) is 15.3. The lowest BCUT2D eigenvalue weighted by Crippen LogP contribution is -2.37. The molecule has 3 aromatic heterocycles. The molecule has 3 N–H and O–H groups in total. The van der Waals surface area contributed by atoms with Gasteiger partial charge in [-0.2, -0.15) is 0 Å². The van der Waals surface area contributed by atoms with Gasteiger partial charge < -0.3 is 25.4 Å². The molecule has 178 valence electrons. The number of aromatic nitrogens is 2. The fourth-order valence-electron chi connectivity index (χ4n) is 4.23. The molecule has 0 saturated carbocycles. The number of anilines is 1. The Hall–Kier alpha value is -3.05. The van der Waals surface area contributed by atoms with Crippen LogP contribution in [0.1, 0.15) is 16.8 Å². The van der Waals surface area contributed by atoms with Crippen molar-refractivity contribution in [2.45, 2.75) is 6.42 Å². The minimum absolute atomic E-state index is 0.123. The molecule has 9 nitrogen and oxygen atoms in total. The molecule has 0 spiro atoms. The van der Waals surface area contributed by atoms with Crippen molar-refractivity contribution in [2.24, 2.45) is 0 Å². The van der Waals surface area contributed by atoms with E-state index < -0.39 is 5.91 Å². The van der Waals surface area contributed by atoms with Gasteiger partial charge in [-0.3, -0.25) is 14.0 Å². The molecule has 4 heterocycles. The van der Waals surface area contributed by atoms with E-state index >= 15 is 0 Å². The number of carbonyl (C=O) groups is 1. The van der Waals surface area contributed by atoms with Crippen LogP contribution in [0.2, 0.25) is 0 Å². The van der Waals surface area contributed by atoms with E-state index in [1.165, 1.54) is 11.3 Å². The van der Waals surface area contributed by atoms with Crippen LogP contribution in [0.5, 0.6) is 0 Å². The van der Waals surface area contributed by atoms with E-state index in [-0.39, 0.29) is 17.6 Å². The van der Waals surface area contributed by atoms with Crippen molar-refractivity contribution in [1.29, 1.82) is 0 Å². The summed E-state index contributed by atoms with van der Waals surface area (Å²) in [4.78, 5) is 34.4. The van der Waals surface area contributed by atoms with Gasteiger partial charge in [0, 0.05) is 32.8 Å². The topological polar surface area (TPSA) is 108 Å². The molecule has 0 atom stereocenters. The van der Waals surface area contributed by atoms with Crippen molar-refractivity contribution in [2.75, 3.05) is 57.4 Å². The van der Waals surface area contributed by atoms with E-state index in [0.717, 1.165) is 29.1 Å². The number of benzene rings is 1. The predicted molar refractivity (Wildman–Crippen MR) is 134 cm³/mol. The summed E-state index contributed by atoms with van der Waals surface area (Å²) in [6.45, 7) is 4.51. The first-order chi connectivity index (χ1) is 16.7. The second-order valence-corrected chi connectivity index (χ2v) is 9.17. The first-order valence-corrected chi connectivity index (χ1v) is 12.3. The largest absolute Gasteiger partial charge is 0.396 e. The second kappa shape index (κ2) is 10.1. The van der Waals surface area contributed by atoms with Crippen LogP contribution in [0.25, 0.3) is 26.1 Å². The molecule has 1 aromatic carbocycles. The monoisotopic (exact) mass is 481 g/mol. The van der Waals surface area contributed by atoms with Gasteiger partial charge in [0.15, 0.2) is 5.65 Å². The van der Waals surface area contributed by atoms with Crippen molar-refractivity contribution < 1.29 is 14.6 Å². The quantitative estimate of drug-likeness (QED) is 0.328. The highest BCUT2D eigenvalue weighted by Crippen LogP contribution is 2.31. The number of hydrogen-bond acceptors (Lipinski definition) is 8. The number of aliphatic hydroxyl groups is 1. The number of nitrogens with one attached hydrogen (secondary N) is 2. The van der Waals surface area contributed by atoms with Crippen molar-refractivity contribution in [3.63, 3.8) is 0 Å². The van der Waals surface area contributed by atoms with Crippen LogP contribution in [0, 0.1) is 0 Å². The molecule has 1 aliphatic rings. The Kier molecular flexibility index (Phi) is 6.73. The van der Waals surface area contributed by atoms with Crippen LogP contribution in [-0.2, 0) is 4.74 Å². The van der Waals surface area contributed by atoms with Gasteiger partial charge in [0.05, 0.1) is 28.8 Å². The Morgan fingerprint density at radius 1 is 1.12 bits per heavy atom. The molecule has 0 aliphatic carbocycles. The van der Waals surface area contributed by atoms with Crippen molar-refractivity contribution in [3.8, 4) is 0 Å². The van der Waals surface area contributed by atoms with Crippen LogP contribution in [0.4, 0.5) is 5.82 Å². The molecule has 0 unspecified atom stereocenters. The summed E-state index contributed by atoms with van der Waals surface area (Å²) in [5.74, 6) is 0.405. The number of fused-ring (bicyclic) bond motifs is 5. The maximum Gasteiger partial charge on any atom is 0.258 e. The van der Waals surface area contributed by atoms with Gasteiger partial charge in [-0.15, -0.1) is 11.3 Å². The Morgan fingerprint density at radius 3 is 2.76 bits per heavy atom. The molecular formula is C24H27N5O4S. The minimum Gasteiger partial charge on any atom is -0.396 e. The zero-order chi connectivity index (χ0) is 23.5. The van der Waals surface area contributed by atoms with E-state index in [1.807, 2.05) is 34.7 Å². The number of pyridine rings is 2. The molecule has 4 aromatic rings. The molecule has 1 amide bonds.